The van der Waals surface area contributed by atoms with Gasteiger partial charge in [-0.15, -0.1) is 0 Å². The molecule has 0 spiro atoms. The highest BCUT2D eigenvalue weighted by molar-refractivity contribution is 7.93. The van der Waals surface area contributed by atoms with Crippen LogP contribution in [0.5, 0.6) is 0 Å². The first-order chi connectivity index (χ1) is 13.7. The second-order valence-electron chi connectivity index (χ2n) is 8.01. The van der Waals surface area contributed by atoms with Gasteiger partial charge in [0.15, 0.2) is 26.1 Å². The molecule has 1 saturated carbocycles. The van der Waals surface area contributed by atoms with Crippen LogP contribution in [0.4, 0.5) is 5.69 Å². The molecule has 1 aliphatic carbocycles. The smallest absolute Gasteiger partial charge is 0.246 e. The summed E-state index contributed by atoms with van der Waals surface area (Å²) in [7, 11) is -3.80. The number of anilines is 1. The van der Waals surface area contributed by atoms with E-state index in [1.54, 1.807) is 42.5 Å². The number of hydrogen-bond acceptors (Lipinski definition) is 5. The van der Waals surface area contributed by atoms with Gasteiger partial charge in [-0.2, -0.15) is 0 Å². The van der Waals surface area contributed by atoms with E-state index in [1.807, 2.05) is 20.8 Å². The van der Waals surface area contributed by atoms with Crippen molar-refractivity contribution in [2.75, 3.05) is 5.32 Å². The van der Waals surface area contributed by atoms with Gasteiger partial charge in [0.1, 0.15) is 5.52 Å². The Morgan fingerprint density at radius 2 is 1.83 bits per heavy atom. The highest BCUT2D eigenvalue weighted by atomic mass is 32.2. The first-order valence-electron chi connectivity index (χ1n) is 9.76. The number of rotatable bonds is 5. The summed E-state index contributed by atoms with van der Waals surface area (Å²) in [5.41, 5.74) is 2.75. The fourth-order valence-electron chi connectivity index (χ4n) is 3.57. The van der Waals surface area contributed by atoms with Crippen molar-refractivity contribution in [1.82, 2.24) is 4.98 Å². The van der Waals surface area contributed by atoms with Gasteiger partial charge in [0.2, 0.25) is 5.91 Å². The van der Waals surface area contributed by atoms with Gasteiger partial charge in [-0.3, -0.25) is 4.79 Å². The number of carbonyl (C=O) groups is 1. The van der Waals surface area contributed by atoms with Crippen LogP contribution in [0.1, 0.15) is 50.5 Å². The van der Waals surface area contributed by atoms with Crippen molar-refractivity contribution >= 4 is 32.5 Å². The van der Waals surface area contributed by atoms with Gasteiger partial charge in [-0.1, -0.05) is 31.5 Å². The Hall–Kier alpha value is -2.67. The number of benzene rings is 2. The normalized spacial score (nSPS) is 16.0. The zero-order valence-corrected chi connectivity index (χ0v) is 17.5. The summed E-state index contributed by atoms with van der Waals surface area (Å²) in [5, 5.41) is 2.80. The lowest BCUT2D eigenvalue weighted by molar-refractivity contribution is -0.120. The Balaban J connectivity index is 1.64. The number of oxazole rings is 1. The summed E-state index contributed by atoms with van der Waals surface area (Å²) in [6.07, 6.45) is 1.34. The van der Waals surface area contributed by atoms with E-state index in [1.165, 1.54) is 0 Å². The van der Waals surface area contributed by atoms with Gasteiger partial charge >= 0.3 is 0 Å². The molecule has 0 saturated heterocycles. The molecule has 6 nitrogen and oxygen atoms in total. The predicted molar refractivity (Wildman–Crippen MR) is 112 cm³/mol. The highest BCUT2D eigenvalue weighted by Gasteiger charge is 2.55. The van der Waals surface area contributed by atoms with Crippen molar-refractivity contribution in [3.8, 4) is 0 Å². The van der Waals surface area contributed by atoms with E-state index < -0.39 is 20.5 Å². The maximum absolute atomic E-state index is 13.3. The number of amides is 1. The van der Waals surface area contributed by atoms with E-state index >= 15 is 0 Å². The van der Waals surface area contributed by atoms with Crippen LogP contribution in [0.15, 0.2) is 51.8 Å². The first kappa shape index (κ1) is 19.6. The number of sulfone groups is 1. The standard InChI is InChI=1S/C22H24N2O4S/c1-14(2)20-24-18-13-16(7-10-19(18)28-20)23-21(25)22(11-4-12-22)29(26,27)17-8-5-15(3)6-9-17/h5-10,13-14H,4,11-12H2,1-3H3,(H,23,25). The molecule has 1 N–H and O–H groups in total. The van der Waals surface area contributed by atoms with Crippen LogP contribution in [0.25, 0.3) is 11.1 Å². The molecule has 1 aliphatic rings. The molecular formula is C22H24N2O4S. The van der Waals surface area contributed by atoms with E-state index in [2.05, 4.69) is 10.3 Å². The topological polar surface area (TPSA) is 89.3 Å². The summed E-state index contributed by atoms with van der Waals surface area (Å²) in [6.45, 7) is 5.88. The van der Waals surface area contributed by atoms with E-state index in [0.29, 0.717) is 41.9 Å². The van der Waals surface area contributed by atoms with Crippen LogP contribution >= 0.6 is 0 Å². The Morgan fingerprint density at radius 3 is 2.41 bits per heavy atom. The number of hydrogen-bond donors (Lipinski definition) is 1. The highest BCUT2D eigenvalue weighted by Crippen LogP contribution is 2.44. The lowest BCUT2D eigenvalue weighted by Gasteiger charge is -2.39. The average Bonchev–Trinajstić information content (AvgIpc) is 3.04. The third-order valence-corrected chi connectivity index (χ3v) is 8.09. The molecule has 1 amide bonds. The number of aromatic nitrogens is 1. The van der Waals surface area contributed by atoms with Crippen molar-refractivity contribution in [3.05, 3.63) is 53.9 Å². The molecule has 0 bridgehead atoms. The zero-order chi connectivity index (χ0) is 20.8. The fraction of sp³-hybridized carbons (Fsp3) is 0.364. The minimum Gasteiger partial charge on any atom is -0.440 e. The quantitative estimate of drug-likeness (QED) is 0.662. The number of carbonyl (C=O) groups excluding carboxylic acids is 1. The van der Waals surface area contributed by atoms with Crippen molar-refractivity contribution in [2.24, 2.45) is 0 Å². The van der Waals surface area contributed by atoms with Crippen LogP contribution < -0.4 is 5.32 Å². The van der Waals surface area contributed by atoms with Crippen molar-refractivity contribution in [2.45, 2.75) is 55.6 Å². The van der Waals surface area contributed by atoms with E-state index in [0.717, 1.165) is 5.56 Å². The lowest BCUT2D eigenvalue weighted by Crippen LogP contribution is -2.54. The Labute approximate surface area is 170 Å². The van der Waals surface area contributed by atoms with Gasteiger partial charge in [0.05, 0.1) is 4.90 Å². The molecule has 0 radical (unpaired) electrons. The average molecular weight is 413 g/mol. The summed E-state index contributed by atoms with van der Waals surface area (Å²) in [5.74, 6) is 0.287. The lowest BCUT2D eigenvalue weighted by atomic mass is 9.83. The molecule has 1 aromatic heterocycles. The van der Waals surface area contributed by atoms with E-state index in [-0.39, 0.29) is 10.8 Å². The number of fused-ring (bicyclic) bond motifs is 1. The third kappa shape index (κ3) is 3.23. The van der Waals surface area contributed by atoms with Gasteiger partial charge in [0, 0.05) is 11.6 Å². The molecule has 1 heterocycles. The Morgan fingerprint density at radius 1 is 1.14 bits per heavy atom. The predicted octanol–water partition coefficient (Wildman–Crippen LogP) is 4.59. The fourth-order valence-corrected chi connectivity index (χ4v) is 5.64. The largest absolute Gasteiger partial charge is 0.440 e. The SMILES string of the molecule is Cc1ccc(S(=O)(=O)C2(C(=O)Nc3ccc4oc(C(C)C)nc4c3)CCC2)cc1. The summed E-state index contributed by atoms with van der Waals surface area (Å²) in [4.78, 5) is 17.8. The summed E-state index contributed by atoms with van der Waals surface area (Å²) >= 11 is 0. The zero-order valence-electron chi connectivity index (χ0n) is 16.7. The molecule has 7 heteroatoms. The van der Waals surface area contributed by atoms with Crippen LogP contribution in [-0.4, -0.2) is 24.1 Å². The summed E-state index contributed by atoms with van der Waals surface area (Å²) in [6, 6.07) is 11.8. The van der Waals surface area contributed by atoms with Crippen molar-refractivity contribution in [3.63, 3.8) is 0 Å². The maximum Gasteiger partial charge on any atom is 0.246 e. The Bertz CT molecular complexity index is 1170. The minimum atomic E-state index is -3.80. The molecule has 29 heavy (non-hydrogen) atoms. The van der Waals surface area contributed by atoms with Crippen molar-refractivity contribution in [1.29, 1.82) is 0 Å². The van der Waals surface area contributed by atoms with Gasteiger partial charge in [-0.05, 0) is 56.5 Å². The molecule has 1 fully saturated rings. The monoisotopic (exact) mass is 412 g/mol. The number of nitrogens with zero attached hydrogens (tertiary/aromatic N) is 1. The third-order valence-electron chi connectivity index (χ3n) is 5.58. The maximum atomic E-state index is 13.3. The molecule has 0 unspecified atom stereocenters. The summed E-state index contributed by atoms with van der Waals surface area (Å²) < 4.78 is 30.8. The van der Waals surface area contributed by atoms with Gasteiger partial charge < -0.3 is 9.73 Å². The molecule has 2 aromatic carbocycles. The van der Waals surface area contributed by atoms with Crippen LogP contribution in [0, 0.1) is 6.92 Å². The van der Waals surface area contributed by atoms with E-state index in [4.69, 9.17) is 4.42 Å². The van der Waals surface area contributed by atoms with E-state index in [9.17, 15) is 13.2 Å². The molecule has 4 rings (SSSR count). The van der Waals surface area contributed by atoms with Crippen LogP contribution in [0.2, 0.25) is 0 Å². The molecule has 152 valence electrons. The molecule has 0 aliphatic heterocycles. The number of aryl methyl sites for hydroxylation is 1. The second kappa shape index (κ2) is 6.99. The minimum absolute atomic E-state index is 0.151. The number of nitrogens with one attached hydrogen (secondary N) is 1. The molecular weight excluding hydrogens is 388 g/mol. The Kier molecular flexibility index (Phi) is 4.73. The van der Waals surface area contributed by atoms with Gasteiger partial charge in [0.25, 0.3) is 0 Å². The van der Waals surface area contributed by atoms with Gasteiger partial charge in [-0.25, -0.2) is 13.4 Å². The molecule has 3 aromatic rings. The molecule has 0 atom stereocenters. The van der Waals surface area contributed by atoms with Crippen molar-refractivity contribution < 1.29 is 17.6 Å². The van der Waals surface area contributed by atoms with Crippen LogP contribution in [0.3, 0.4) is 0 Å². The second-order valence-corrected chi connectivity index (χ2v) is 10.3. The van der Waals surface area contributed by atoms with Crippen LogP contribution in [-0.2, 0) is 14.6 Å². The first-order valence-corrected chi connectivity index (χ1v) is 11.2.